The van der Waals surface area contributed by atoms with Crippen LogP contribution in [0.3, 0.4) is 0 Å². The highest BCUT2D eigenvalue weighted by molar-refractivity contribution is 5.97. The van der Waals surface area contributed by atoms with E-state index in [0.29, 0.717) is 16.7 Å². The Morgan fingerprint density at radius 3 is 2.76 bits per heavy atom. The Hall–Kier alpha value is -3.74. The SMILES string of the molecule is C[C@@H]1C=CC[C@H](NC(=O)OC(C)(C)C)c2ccc(C#N)c(c2)-c2c(cnn2C(F)F)NC1=O. The van der Waals surface area contributed by atoms with E-state index in [4.69, 9.17) is 4.74 Å². The van der Waals surface area contributed by atoms with Crippen molar-refractivity contribution in [3.05, 3.63) is 47.7 Å². The first-order valence-corrected chi connectivity index (χ1v) is 10.4. The van der Waals surface area contributed by atoms with Crippen LogP contribution in [0.1, 0.15) is 57.8 Å². The number of anilines is 1. The number of alkyl carbamates (subject to hydrolysis) is 1. The van der Waals surface area contributed by atoms with E-state index in [-0.39, 0.29) is 22.5 Å². The molecule has 2 bridgehead atoms. The average Bonchev–Trinajstić information content (AvgIpc) is 3.14. The van der Waals surface area contributed by atoms with E-state index in [0.717, 1.165) is 6.20 Å². The molecule has 8 nitrogen and oxygen atoms in total. The van der Waals surface area contributed by atoms with Gasteiger partial charge in [-0.2, -0.15) is 19.1 Å². The largest absolute Gasteiger partial charge is 0.444 e. The van der Waals surface area contributed by atoms with Crippen molar-refractivity contribution in [2.45, 2.75) is 52.3 Å². The molecule has 1 aromatic heterocycles. The molecule has 1 aliphatic rings. The molecule has 0 aliphatic carbocycles. The van der Waals surface area contributed by atoms with Crippen molar-refractivity contribution in [3.8, 4) is 17.3 Å². The van der Waals surface area contributed by atoms with Crippen LogP contribution in [0.2, 0.25) is 0 Å². The predicted octanol–water partition coefficient (Wildman–Crippen LogP) is 4.92. The van der Waals surface area contributed by atoms with Gasteiger partial charge in [0.15, 0.2) is 0 Å². The van der Waals surface area contributed by atoms with Crippen LogP contribution in [0.25, 0.3) is 11.3 Å². The molecule has 2 amide bonds. The highest BCUT2D eigenvalue weighted by atomic mass is 19.3. The number of rotatable bonds is 2. The van der Waals surface area contributed by atoms with Crippen molar-refractivity contribution in [2.75, 3.05) is 5.32 Å². The molecule has 33 heavy (non-hydrogen) atoms. The van der Waals surface area contributed by atoms with Crippen LogP contribution in [0, 0.1) is 17.2 Å². The second-order valence-electron chi connectivity index (χ2n) is 8.69. The molecule has 0 radical (unpaired) electrons. The average molecular weight is 457 g/mol. The van der Waals surface area contributed by atoms with Crippen molar-refractivity contribution < 1.29 is 23.1 Å². The summed E-state index contributed by atoms with van der Waals surface area (Å²) < 4.78 is 33.3. The van der Waals surface area contributed by atoms with Gasteiger partial charge in [-0.25, -0.2) is 9.48 Å². The van der Waals surface area contributed by atoms with Gasteiger partial charge < -0.3 is 15.4 Å². The zero-order valence-corrected chi connectivity index (χ0v) is 18.7. The summed E-state index contributed by atoms with van der Waals surface area (Å²) in [4.78, 5) is 25.1. The van der Waals surface area contributed by atoms with Crippen molar-refractivity contribution in [3.63, 3.8) is 0 Å². The van der Waals surface area contributed by atoms with Gasteiger partial charge in [-0.3, -0.25) is 4.79 Å². The Morgan fingerprint density at radius 2 is 2.12 bits per heavy atom. The first-order valence-electron chi connectivity index (χ1n) is 10.4. The number of aromatic nitrogens is 2. The molecule has 2 aromatic rings. The number of benzene rings is 1. The molecule has 3 rings (SSSR count). The van der Waals surface area contributed by atoms with Gasteiger partial charge >= 0.3 is 12.6 Å². The molecule has 0 fully saturated rings. The Bertz CT molecular complexity index is 1130. The third kappa shape index (κ3) is 5.55. The van der Waals surface area contributed by atoms with Gasteiger partial charge in [-0.1, -0.05) is 25.1 Å². The van der Waals surface area contributed by atoms with Crippen LogP contribution >= 0.6 is 0 Å². The molecule has 0 saturated heterocycles. The molecule has 0 spiro atoms. The van der Waals surface area contributed by atoms with Gasteiger partial charge in [-0.05, 0) is 44.9 Å². The highest BCUT2D eigenvalue weighted by Crippen LogP contribution is 2.36. The second kappa shape index (κ2) is 9.40. The summed E-state index contributed by atoms with van der Waals surface area (Å²) in [5.74, 6) is -1.00. The van der Waals surface area contributed by atoms with E-state index in [1.165, 1.54) is 6.07 Å². The molecule has 0 saturated carbocycles. The lowest BCUT2D eigenvalue weighted by Gasteiger charge is -2.24. The molecular formula is C23H25F2N5O3. The molecule has 1 aromatic carbocycles. The van der Waals surface area contributed by atoms with E-state index in [1.807, 2.05) is 6.07 Å². The third-order valence-electron chi connectivity index (χ3n) is 4.96. The summed E-state index contributed by atoms with van der Waals surface area (Å²) in [5, 5.41) is 18.8. The van der Waals surface area contributed by atoms with Crippen molar-refractivity contribution in [1.82, 2.24) is 15.1 Å². The zero-order valence-electron chi connectivity index (χ0n) is 18.7. The lowest BCUT2D eigenvalue weighted by molar-refractivity contribution is -0.118. The normalized spacial score (nSPS) is 18.4. The molecule has 2 heterocycles. The number of ether oxygens (including phenoxy) is 1. The number of carbonyl (C=O) groups excluding carboxylic acids is 2. The van der Waals surface area contributed by atoms with Crippen molar-refractivity contribution in [1.29, 1.82) is 5.26 Å². The predicted molar refractivity (Wildman–Crippen MR) is 117 cm³/mol. The van der Waals surface area contributed by atoms with Crippen LogP contribution in [0.15, 0.2) is 36.5 Å². The van der Waals surface area contributed by atoms with E-state index in [9.17, 15) is 23.6 Å². The first-order chi connectivity index (χ1) is 15.5. The van der Waals surface area contributed by atoms with Gasteiger partial charge in [0.1, 0.15) is 5.60 Å². The fourth-order valence-electron chi connectivity index (χ4n) is 3.42. The number of nitriles is 1. The standard InChI is InChI=1S/C23H25F2N5O3/c1-13-6-5-7-17(29-22(32)33-23(2,3)4)14-8-9-15(11-26)16(10-14)19-18(28-20(13)31)12-27-30(19)21(24)25/h5-6,8-10,12-13,17,21H,7H2,1-4H3,(H,28,31)(H,29,32)/t13-,17+/m1/s1. The molecule has 174 valence electrons. The van der Waals surface area contributed by atoms with Gasteiger partial charge in [0.25, 0.3) is 0 Å². The summed E-state index contributed by atoms with van der Waals surface area (Å²) in [7, 11) is 0. The quantitative estimate of drug-likeness (QED) is 0.623. The summed E-state index contributed by atoms with van der Waals surface area (Å²) in [6, 6.07) is 6.09. The van der Waals surface area contributed by atoms with Crippen molar-refractivity contribution in [2.24, 2.45) is 5.92 Å². The molecule has 1 aliphatic heterocycles. The number of nitrogens with one attached hydrogen (secondary N) is 2. The minimum atomic E-state index is -3.00. The maximum Gasteiger partial charge on any atom is 0.408 e. The zero-order chi connectivity index (χ0) is 24.3. The number of amides is 2. The smallest absolute Gasteiger partial charge is 0.408 e. The van der Waals surface area contributed by atoms with Gasteiger partial charge in [0.2, 0.25) is 5.91 Å². The maximum atomic E-state index is 13.7. The fraction of sp³-hybridized carbons (Fsp3) is 0.391. The lowest BCUT2D eigenvalue weighted by Crippen LogP contribution is -2.35. The van der Waals surface area contributed by atoms with E-state index >= 15 is 0 Å². The van der Waals surface area contributed by atoms with E-state index in [1.54, 1.807) is 52.0 Å². The second-order valence-corrected chi connectivity index (χ2v) is 8.69. The number of nitrogens with zero attached hydrogens (tertiary/aromatic N) is 3. The first kappa shape index (κ1) is 23.9. The van der Waals surface area contributed by atoms with E-state index < -0.39 is 36.1 Å². The van der Waals surface area contributed by atoms with Crippen LogP contribution in [0.5, 0.6) is 0 Å². The molecule has 2 N–H and O–H groups in total. The Morgan fingerprint density at radius 1 is 1.39 bits per heavy atom. The number of alkyl halides is 2. The monoisotopic (exact) mass is 457 g/mol. The van der Waals surface area contributed by atoms with Gasteiger partial charge in [0, 0.05) is 5.56 Å². The van der Waals surface area contributed by atoms with Crippen LogP contribution in [-0.4, -0.2) is 27.4 Å². The van der Waals surface area contributed by atoms with Crippen LogP contribution in [-0.2, 0) is 9.53 Å². The maximum absolute atomic E-state index is 13.7. The highest BCUT2D eigenvalue weighted by Gasteiger charge is 2.26. The Kier molecular flexibility index (Phi) is 6.81. The lowest BCUT2D eigenvalue weighted by atomic mass is 9.95. The van der Waals surface area contributed by atoms with Crippen LogP contribution < -0.4 is 10.6 Å². The summed E-state index contributed by atoms with van der Waals surface area (Å²) >= 11 is 0. The number of fused-ring (bicyclic) bond motifs is 4. The molecule has 2 atom stereocenters. The van der Waals surface area contributed by atoms with Gasteiger partial charge in [0.05, 0.1) is 41.2 Å². The van der Waals surface area contributed by atoms with Crippen molar-refractivity contribution >= 4 is 17.7 Å². The number of hydrogen-bond donors (Lipinski definition) is 2. The van der Waals surface area contributed by atoms with Gasteiger partial charge in [-0.15, -0.1) is 0 Å². The number of hydrogen-bond acceptors (Lipinski definition) is 5. The number of halogens is 2. The topological polar surface area (TPSA) is 109 Å². The summed E-state index contributed by atoms with van der Waals surface area (Å²) in [6.45, 7) is 3.87. The third-order valence-corrected chi connectivity index (χ3v) is 4.96. The minimum absolute atomic E-state index is 0.0615. The molecular weight excluding hydrogens is 432 g/mol. The molecule has 10 heteroatoms. The molecule has 0 unspecified atom stereocenters. The summed E-state index contributed by atoms with van der Waals surface area (Å²) in [6.07, 6.45) is 4.22. The van der Waals surface area contributed by atoms with Crippen LogP contribution in [0.4, 0.5) is 19.3 Å². The Balaban J connectivity index is 2.17. The number of carbonyl (C=O) groups is 2. The summed E-state index contributed by atoms with van der Waals surface area (Å²) in [5.41, 5.74) is 0.111. The van der Waals surface area contributed by atoms with E-state index in [2.05, 4.69) is 15.7 Å². The minimum Gasteiger partial charge on any atom is -0.444 e. The Labute approximate surface area is 190 Å². The fourth-order valence-corrected chi connectivity index (χ4v) is 3.42.